The van der Waals surface area contributed by atoms with Crippen LogP contribution in [0.15, 0.2) is 174 Å². The molecule has 9 aromatic carbocycles. The summed E-state index contributed by atoms with van der Waals surface area (Å²) in [7, 11) is 0. The van der Waals surface area contributed by atoms with Gasteiger partial charge >= 0.3 is 0 Å². The minimum absolute atomic E-state index is 0.0288. The first kappa shape index (κ1) is 13.0. The van der Waals surface area contributed by atoms with E-state index in [1.165, 1.54) is 13.8 Å². The third-order valence-corrected chi connectivity index (χ3v) is 9.45. The van der Waals surface area contributed by atoms with Gasteiger partial charge in [-0.15, -0.1) is 0 Å². The van der Waals surface area contributed by atoms with E-state index < -0.39 is 257 Å². The third kappa shape index (κ3) is 4.11. The van der Waals surface area contributed by atoms with E-state index in [2.05, 4.69) is 0 Å². The van der Waals surface area contributed by atoms with Gasteiger partial charge in [0, 0.05) is 16.2 Å². The highest BCUT2D eigenvalue weighted by atomic mass is 16.3. The zero-order valence-corrected chi connectivity index (χ0v) is 26.9. The average molecular weight is 691 g/mol. The molecule has 244 valence electrons. The van der Waals surface area contributed by atoms with Gasteiger partial charge in [-0.1, -0.05) is 159 Å². The first-order chi connectivity index (χ1) is 37.2. The van der Waals surface area contributed by atoms with E-state index in [0.29, 0.717) is 0 Å². The number of fused-ring (bicyclic) bond motifs is 10. The molecule has 0 atom stereocenters. The van der Waals surface area contributed by atoms with Gasteiger partial charge < -0.3 is 4.42 Å². The van der Waals surface area contributed by atoms with Crippen LogP contribution in [-0.4, -0.2) is 0 Å². The summed E-state index contributed by atoms with van der Waals surface area (Å²) < 4.78 is 261. The second-order valence-electron chi connectivity index (χ2n) is 12.6. The van der Waals surface area contributed by atoms with Crippen molar-refractivity contribution in [1.29, 1.82) is 0 Å². The van der Waals surface area contributed by atoms with Crippen molar-refractivity contribution in [1.82, 2.24) is 0 Å². The lowest BCUT2D eigenvalue weighted by atomic mass is 9.80. The Labute approximate surface area is 341 Å². The average Bonchev–Trinajstić information content (AvgIpc) is 3.19. The van der Waals surface area contributed by atoms with Gasteiger partial charge in [0.15, 0.2) is 0 Å². The van der Waals surface area contributed by atoms with Crippen molar-refractivity contribution in [2.75, 3.05) is 0 Å². The summed E-state index contributed by atoms with van der Waals surface area (Å²) >= 11 is 0. The normalized spacial score (nSPS) is 20.9. The van der Waals surface area contributed by atoms with Crippen molar-refractivity contribution in [2.24, 2.45) is 0 Å². The van der Waals surface area contributed by atoms with Gasteiger partial charge in [0.05, 0.1) is 38.4 Å². The standard InChI is InChI=1S/C51H34O/c1-51(2)44-18-10-9-13-37(44)38-26-23-35(30-45(38)51)49-41-16-7-5-14-39(41)48(40-15-6-8-17-42(40)49)33-21-19-31(20-22-33)34-25-27-46-43(29-34)50-36-12-4-3-11-32(36)24-28-47(50)52-46/h3-30H,1-2H3/i3D,4D,5D,6D,7D,8D,9D,10D,11D,12D,13D,14D,15D,16D,17D,18D,19D,20D,21D,22D,23D,24D,25D,26D,27D,28D,29D,30D. The molecular formula is C51H34O. The third-order valence-electron chi connectivity index (χ3n) is 9.45. The number of rotatable bonds is 3. The Hall–Kier alpha value is -6.44. The van der Waals surface area contributed by atoms with Crippen LogP contribution in [0.1, 0.15) is 63.4 Å². The molecule has 0 spiro atoms. The highest BCUT2D eigenvalue weighted by molar-refractivity contribution is 6.22. The lowest BCUT2D eigenvalue weighted by Crippen LogP contribution is -2.14. The predicted molar refractivity (Wildman–Crippen MR) is 220 cm³/mol. The van der Waals surface area contributed by atoms with Gasteiger partial charge in [-0.3, -0.25) is 0 Å². The van der Waals surface area contributed by atoms with E-state index in [-0.39, 0.29) is 27.6 Å². The largest absolute Gasteiger partial charge is 0.456 e. The summed E-state index contributed by atoms with van der Waals surface area (Å²) in [5.41, 5.74) is -7.58. The summed E-state index contributed by atoms with van der Waals surface area (Å²) in [6.45, 7) is 3.01. The van der Waals surface area contributed by atoms with E-state index in [4.69, 9.17) is 25.0 Å². The molecule has 0 aliphatic heterocycles. The van der Waals surface area contributed by atoms with E-state index in [0.717, 1.165) is 0 Å². The van der Waals surface area contributed by atoms with Crippen molar-refractivity contribution < 1.29 is 42.8 Å². The zero-order chi connectivity index (χ0) is 58.9. The van der Waals surface area contributed by atoms with Crippen LogP contribution < -0.4 is 0 Å². The van der Waals surface area contributed by atoms with Crippen molar-refractivity contribution in [3.05, 3.63) is 180 Å². The lowest BCUT2D eigenvalue weighted by molar-refractivity contribution is 0.660. The molecule has 0 saturated heterocycles. The maximum absolute atomic E-state index is 9.94. The van der Waals surface area contributed by atoms with E-state index in [1.54, 1.807) is 0 Å². The van der Waals surface area contributed by atoms with Gasteiger partial charge in [0.2, 0.25) is 0 Å². The fraction of sp³-hybridized carbons (Fsp3) is 0.0588. The highest BCUT2D eigenvalue weighted by Crippen LogP contribution is 2.51. The molecule has 0 amide bonds. The topological polar surface area (TPSA) is 13.1 Å². The van der Waals surface area contributed by atoms with E-state index in [1.807, 2.05) is 0 Å². The molecule has 1 heteroatoms. The summed E-state index contributed by atoms with van der Waals surface area (Å²) in [4.78, 5) is 0. The molecule has 0 bridgehead atoms. The van der Waals surface area contributed by atoms with Crippen molar-refractivity contribution >= 4 is 54.3 Å². The predicted octanol–water partition coefficient (Wildman–Crippen LogP) is 14.4. The Morgan fingerprint density at radius 1 is 0.404 bits per heavy atom. The molecule has 52 heavy (non-hydrogen) atoms. The molecule has 1 heterocycles. The van der Waals surface area contributed by atoms with Crippen LogP contribution in [0.2, 0.25) is 0 Å². The maximum atomic E-state index is 9.94. The van der Waals surface area contributed by atoms with Crippen LogP contribution >= 0.6 is 0 Å². The molecule has 11 rings (SSSR count). The summed E-state index contributed by atoms with van der Waals surface area (Å²) in [5, 5.41) is -4.41. The van der Waals surface area contributed by atoms with Gasteiger partial charge in [0.1, 0.15) is 11.2 Å². The number of benzene rings is 9. The van der Waals surface area contributed by atoms with Crippen molar-refractivity contribution in [2.45, 2.75) is 19.3 Å². The first-order valence-electron chi connectivity index (χ1n) is 29.9. The Morgan fingerprint density at radius 3 is 1.67 bits per heavy atom. The summed E-state index contributed by atoms with van der Waals surface area (Å²) in [5.74, 6) is 0. The zero-order valence-electron chi connectivity index (χ0n) is 54.9. The quantitative estimate of drug-likeness (QED) is 0.168. The Kier molecular flexibility index (Phi) is 2.69. The first-order valence-corrected chi connectivity index (χ1v) is 15.9. The maximum Gasteiger partial charge on any atom is 0.136 e. The fourth-order valence-electron chi connectivity index (χ4n) is 7.05. The second kappa shape index (κ2) is 10.8. The number of hydrogen-bond donors (Lipinski definition) is 0. The Bertz CT molecular complexity index is 4600. The molecule has 1 nitrogen and oxygen atoms in total. The second-order valence-corrected chi connectivity index (χ2v) is 12.6. The van der Waals surface area contributed by atoms with Crippen LogP contribution in [-0.2, 0) is 5.41 Å². The molecule has 0 radical (unpaired) electrons. The minimum Gasteiger partial charge on any atom is -0.456 e. The lowest BCUT2D eigenvalue weighted by Gasteiger charge is -2.23. The molecule has 0 N–H and O–H groups in total. The van der Waals surface area contributed by atoms with Crippen LogP contribution in [0, 0.1) is 0 Å². The highest BCUT2D eigenvalue weighted by Gasteiger charge is 2.35. The molecule has 1 aromatic heterocycles. The van der Waals surface area contributed by atoms with Gasteiger partial charge in [-0.25, -0.2) is 0 Å². The SMILES string of the molecule is [2H]c1c([2H])c([2H])c2c(c1[2H])-c1c([2H])c([2H])c(-c3c4c([2H])c([2H])c([2H])c([2H])c4c(-c4c([2H])c([2H])c(-c5c([2H])c([2H])c6oc7c([2H])c([2H])c8c([2H])c([2H])c([2H])c([2H])c8c7c6c5[2H])c([2H])c4[2H])c4c([2H])c([2H])c([2H])c([2H])c34)c([2H])c1C2(C)C. The van der Waals surface area contributed by atoms with E-state index >= 15 is 0 Å². The molecule has 10 aromatic rings. The molecule has 1 aliphatic carbocycles. The molecule has 0 fully saturated rings. The number of hydrogen-bond acceptors (Lipinski definition) is 1. The summed E-state index contributed by atoms with van der Waals surface area (Å²) in [6, 6.07) is -23.6. The van der Waals surface area contributed by atoms with Crippen LogP contribution in [0.4, 0.5) is 0 Å². The van der Waals surface area contributed by atoms with E-state index in [9.17, 15) is 17.8 Å². The minimum atomic E-state index is -1.55. The van der Waals surface area contributed by atoms with Gasteiger partial charge in [0.25, 0.3) is 0 Å². The van der Waals surface area contributed by atoms with Crippen molar-refractivity contribution in [3.63, 3.8) is 0 Å². The van der Waals surface area contributed by atoms with Crippen LogP contribution in [0.5, 0.6) is 0 Å². The molecule has 0 saturated carbocycles. The van der Waals surface area contributed by atoms with Gasteiger partial charge in [-0.2, -0.15) is 0 Å². The Morgan fingerprint density at radius 2 is 0.942 bits per heavy atom. The molecular weight excluding hydrogens is 629 g/mol. The monoisotopic (exact) mass is 690 g/mol. The Balaban J connectivity index is 1.31. The molecule has 0 unspecified atom stereocenters. The number of furan rings is 1. The van der Waals surface area contributed by atoms with Gasteiger partial charge in [-0.05, 0) is 112 Å². The fourth-order valence-corrected chi connectivity index (χ4v) is 7.05. The smallest absolute Gasteiger partial charge is 0.136 e. The van der Waals surface area contributed by atoms with Crippen LogP contribution in [0.25, 0.3) is 98.8 Å². The summed E-state index contributed by atoms with van der Waals surface area (Å²) in [6.07, 6.45) is 0. The van der Waals surface area contributed by atoms with Crippen molar-refractivity contribution in [3.8, 4) is 44.5 Å². The van der Waals surface area contributed by atoms with Crippen LogP contribution in [0.3, 0.4) is 0 Å². The molecule has 1 aliphatic rings.